The molecule has 4 aliphatic rings. The summed E-state index contributed by atoms with van der Waals surface area (Å²) in [7, 11) is 1.40. The number of hydrogen-bond acceptors (Lipinski definition) is 10. The maximum absolute atomic E-state index is 15.4. The lowest BCUT2D eigenvalue weighted by atomic mass is 9.89. The van der Waals surface area contributed by atoms with Crippen molar-refractivity contribution >= 4 is 28.3 Å². The Morgan fingerprint density at radius 2 is 1.90 bits per heavy atom. The molecule has 2 fully saturated rings. The fourth-order valence-electron chi connectivity index (χ4n) is 6.71. The number of halogens is 1. The van der Waals surface area contributed by atoms with Gasteiger partial charge in [-0.1, -0.05) is 12.2 Å². The van der Waals surface area contributed by atoms with Crippen LogP contribution >= 0.6 is 0 Å². The average Bonchev–Trinajstić information content (AvgIpc) is 3.90. The maximum atomic E-state index is 15.4. The van der Waals surface area contributed by atoms with Crippen LogP contribution in [0.5, 0.6) is 17.2 Å². The molecule has 2 unspecified atom stereocenters. The van der Waals surface area contributed by atoms with E-state index in [-0.39, 0.29) is 59.3 Å². The summed E-state index contributed by atoms with van der Waals surface area (Å²) in [6.45, 7) is 3.16. The van der Waals surface area contributed by atoms with E-state index in [4.69, 9.17) is 14.2 Å². The van der Waals surface area contributed by atoms with Crippen molar-refractivity contribution in [1.82, 2.24) is 9.47 Å². The highest BCUT2D eigenvalue weighted by Crippen LogP contribution is 2.41. The first-order chi connectivity index (χ1) is 23.0. The molecule has 0 bridgehead atoms. The van der Waals surface area contributed by atoms with Crippen molar-refractivity contribution in [3.63, 3.8) is 0 Å². The van der Waals surface area contributed by atoms with E-state index in [2.05, 4.69) is 4.90 Å². The molecule has 1 aromatic heterocycles. The number of anilines is 1. The molecule has 0 spiro atoms. The van der Waals surface area contributed by atoms with Crippen LogP contribution in [-0.2, 0) is 4.74 Å². The molecule has 3 heterocycles. The standard InChI is InChI=1S/C35H36FN3O9/c1-46-35(45)6-2-3-20(18-35)30-17-29(41)32-28(40)13-22(14-31(32)48-30)47-12-11-37-7-9-38(10-8-37)27-16-26-23(15-25(27)36)33(42)24(34(43)44)19-39(26)21-4-5-21/h2-3,6,13-16,19,21,30,40,45H,4-5,7-12,17-18H2,1H3,(H,43,44). The summed E-state index contributed by atoms with van der Waals surface area (Å²) in [6, 6.07) is 5.90. The summed E-state index contributed by atoms with van der Waals surface area (Å²) in [5, 5.41) is 30.7. The molecule has 1 saturated carbocycles. The number of carbonyl (C=O) groups excluding carboxylic acids is 1. The van der Waals surface area contributed by atoms with Crippen LogP contribution in [-0.4, -0.2) is 94.9 Å². The van der Waals surface area contributed by atoms with E-state index < -0.39 is 29.1 Å². The summed E-state index contributed by atoms with van der Waals surface area (Å²) in [6.07, 6.45) is 7.63. The molecule has 1 saturated heterocycles. The number of carboxylic acids is 1. The highest BCUT2D eigenvalue weighted by Gasteiger charge is 2.36. The van der Waals surface area contributed by atoms with Crippen molar-refractivity contribution in [2.45, 2.75) is 43.6 Å². The van der Waals surface area contributed by atoms with Gasteiger partial charge in [-0.15, -0.1) is 0 Å². The van der Waals surface area contributed by atoms with Crippen LogP contribution in [0.25, 0.3) is 10.9 Å². The van der Waals surface area contributed by atoms with E-state index in [1.54, 1.807) is 28.9 Å². The molecule has 48 heavy (non-hydrogen) atoms. The van der Waals surface area contributed by atoms with Gasteiger partial charge < -0.3 is 39.0 Å². The molecule has 2 aromatic carbocycles. The number of aromatic carboxylic acids is 1. The van der Waals surface area contributed by atoms with E-state index in [0.29, 0.717) is 55.3 Å². The number of methoxy groups -OCH3 is 1. The zero-order valence-corrected chi connectivity index (χ0v) is 26.4. The van der Waals surface area contributed by atoms with Gasteiger partial charge in [0, 0.05) is 76.0 Å². The monoisotopic (exact) mass is 661 g/mol. The first-order valence-electron chi connectivity index (χ1n) is 16.0. The first kappa shape index (κ1) is 31.9. The maximum Gasteiger partial charge on any atom is 0.341 e. The zero-order chi connectivity index (χ0) is 33.7. The van der Waals surface area contributed by atoms with Gasteiger partial charge in [0.1, 0.15) is 46.9 Å². The third kappa shape index (κ3) is 6.04. The van der Waals surface area contributed by atoms with Crippen molar-refractivity contribution in [2.24, 2.45) is 0 Å². The number of fused-ring (bicyclic) bond motifs is 2. The number of piperazine rings is 1. The predicted octanol–water partition coefficient (Wildman–Crippen LogP) is 3.64. The summed E-state index contributed by atoms with van der Waals surface area (Å²) in [4.78, 5) is 41.5. The zero-order valence-electron chi connectivity index (χ0n) is 26.4. The number of pyridine rings is 1. The van der Waals surface area contributed by atoms with Gasteiger partial charge in [0.15, 0.2) is 11.6 Å². The first-order valence-corrected chi connectivity index (χ1v) is 16.0. The highest BCUT2D eigenvalue weighted by atomic mass is 19.1. The van der Waals surface area contributed by atoms with Crippen molar-refractivity contribution in [1.29, 1.82) is 0 Å². The molecule has 3 aromatic rings. The number of phenols is 1. The van der Waals surface area contributed by atoms with Gasteiger partial charge in [-0.2, -0.15) is 0 Å². The van der Waals surface area contributed by atoms with Gasteiger partial charge in [0.25, 0.3) is 0 Å². The second-order valence-electron chi connectivity index (χ2n) is 12.7. The Kier molecular flexibility index (Phi) is 8.22. The highest BCUT2D eigenvalue weighted by molar-refractivity contribution is 6.03. The number of aromatic hydroxyl groups is 1. The number of aromatic nitrogens is 1. The molecule has 2 aliphatic carbocycles. The van der Waals surface area contributed by atoms with Crippen LogP contribution in [0.15, 0.2) is 59.1 Å². The van der Waals surface area contributed by atoms with Crippen molar-refractivity contribution in [3.8, 4) is 17.2 Å². The number of ether oxygens (including phenoxy) is 3. The Hall–Kier alpha value is -4.72. The third-order valence-corrected chi connectivity index (χ3v) is 9.53. The summed E-state index contributed by atoms with van der Waals surface area (Å²) < 4.78 is 34.4. The molecule has 13 heteroatoms. The van der Waals surface area contributed by atoms with Gasteiger partial charge in [0.2, 0.25) is 5.43 Å². The predicted molar refractivity (Wildman–Crippen MR) is 173 cm³/mol. The van der Waals surface area contributed by atoms with E-state index in [0.717, 1.165) is 18.9 Å². The number of aliphatic hydroxyl groups is 1. The van der Waals surface area contributed by atoms with Gasteiger partial charge >= 0.3 is 5.97 Å². The molecule has 0 radical (unpaired) electrons. The minimum atomic E-state index is -1.48. The second kappa shape index (κ2) is 12.4. The molecule has 2 aliphatic heterocycles. The number of carboxylic acid groups (broad SMARTS) is 1. The summed E-state index contributed by atoms with van der Waals surface area (Å²) in [5.41, 5.74) is 0.659. The van der Waals surface area contributed by atoms with Crippen molar-refractivity contribution in [2.75, 3.05) is 51.3 Å². The number of carbonyl (C=O) groups is 2. The lowest BCUT2D eigenvalue weighted by Crippen LogP contribution is -2.47. The summed E-state index contributed by atoms with van der Waals surface area (Å²) >= 11 is 0. The van der Waals surface area contributed by atoms with Crippen LogP contribution in [0, 0.1) is 5.82 Å². The fraction of sp³-hybridized carbons (Fsp3) is 0.400. The number of Topliss-reactive ketones (excluding diaryl/α,β-unsaturated/α-hetero) is 1. The van der Waals surface area contributed by atoms with Crippen molar-refractivity contribution in [3.05, 3.63) is 81.4 Å². The van der Waals surface area contributed by atoms with Crippen LogP contribution < -0.4 is 19.8 Å². The third-order valence-electron chi connectivity index (χ3n) is 9.53. The van der Waals surface area contributed by atoms with Gasteiger partial charge in [-0.25, -0.2) is 9.18 Å². The number of rotatable bonds is 9. The molecule has 0 amide bonds. The number of ketones is 1. The largest absolute Gasteiger partial charge is 0.507 e. The van der Waals surface area contributed by atoms with Crippen LogP contribution in [0.1, 0.15) is 52.4 Å². The van der Waals surface area contributed by atoms with E-state index in [1.165, 1.54) is 25.4 Å². The number of benzene rings is 2. The molecular weight excluding hydrogens is 625 g/mol. The molecular formula is C35H36FN3O9. The number of hydrogen-bond donors (Lipinski definition) is 3. The molecule has 252 valence electrons. The quantitative estimate of drug-likeness (QED) is 0.289. The van der Waals surface area contributed by atoms with Gasteiger partial charge in [0.05, 0.1) is 17.6 Å². The molecule has 12 nitrogen and oxygen atoms in total. The minimum Gasteiger partial charge on any atom is -0.507 e. The van der Waals surface area contributed by atoms with Gasteiger partial charge in [-0.3, -0.25) is 14.5 Å². The molecule has 7 rings (SSSR count). The van der Waals surface area contributed by atoms with Crippen molar-refractivity contribution < 1.29 is 43.5 Å². The number of phenolic OH excluding ortho intramolecular Hbond substituents is 1. The Morgan fingerprint density at radius 3 is 2.60 bits per heavy atom. The molecule has 2 atom stereocenters. The van der Waals surface area contributed by atoms with E-state index in [1.807, 2.05) is 4.90 Å². The second-order valence-corrected chi connectivity index (χ2v) is 12.7. The molecule has 3 N–H and O–H groups in total. The Balaban J connectivity index is 0.983. The SMILES string of the molecule is COC1(O)C=CC=C(C2CC(=O)c3c(O)cc(OCCN4CCN(c5cc6c(cc5F)c(=O)c(C(=O)O)cn6C5CC5)CC4)cc3O2)C1. The number of nitrogens with zero attached hydrogens (tertiary/aromatic N) is 3. The number of allylic oxidation sites excluding steroid dienone is 2. The Morgan fingerprint density at radius 1 is 1.12 bits per heavy atom. The van der Waals surface area contributed by atoms with Crippen LogP contribution in [0.3, 0.4) is 0 Å². The lowest BCUT2D eigenvalue weighted by Gasteiger charge is -2.36. The Bertz CT molecular complexity index is 1930. The Labute approximate surface area is 274 Å². The topological polar surface area (TPSA) is 151 Å². The fourth-order valence-corrected chi connectivity index (χ4v) is 6.71. The van der Waals surface area contributed by atoms with E-state index >= 15 is 4.39 Å². The minimum absolute atomic E-state index is 0.0150. The van der Waals surface area contributed by atoms with Crippen LogP contribution in [0.4, 0.5) is 10.1 Å². The normalized spacial score (nSPS) is 22.7. The lowest BCUT2D eigenvalue weighted by molar-refractivity contribution is -0.146. The smallest absolute Gasteiger partial charge is 0.341 e. The van der Waals surface area contributed by atoms with Gasteiger partial charge in [-0.05, 0) is 36.6 Å². The van der Waals surface area contributed by atoms with Crippen LogP contribution in [0.2, 0.25) is 0 Å². The average molecular weight is 662 g/mol. The summed E-state index contributed by atoms with van der Waals surface area (Å²) in [5.74, 6) is -3.32. The van der Waals surface area contributed by atoms with E-state index in [9.17, 15) is 29.7 Å².